The van der Waals surface area contributed by atoms with Gasteiger partial charge in [-0.3, -0.25) is 0 Å². The number of ether oxygens (including phenoxy) is 2. The van der Waals surface area contributed by atoms with Gasteiger partial charge in [0.05, 0.1) is 6.61 Å². The third-order valence-electron chi connectivity index (χ3n) is 2.67. The van der Waals surface area contributed by atoms with E-state index in [0.29, 0.717) is 13.0 Å². The third-order valence-corrected chi connectivity index (χ3v) is 2.67. The maximum Gasteiger partial charge on any atom is 0.408 e. The zero-order chi connectivity index (χ0) is 13.3. The molecule has 0 aromatic heterocycles. The van der Waals surface area contributed by atoms with Crippen molar-refractivity contribution in [1.82, 2.24) is 5.32 Å². The molecule has 1 amide bonds. The van der Waals surface area contributed by atoms with Crippen molar-refractivity contribution in [1.29, 1.82) is 0 Å². The van der Waals surface area contributed by atoms with Crippen LogP contribution in [0.15, 0.2) is 0 Å². The van der Waals surface area contributed by atoms with Gasteiger partial charge in [0, 0.05) is 0 Å². The summed E-state index contributed by atoms with van der Waals surface area (Å²) in [6, 6.07) is 0. The molecule has 0 aliphatic heterocycles. The lowest BCUT2D eigenvalue weighted by Crippen LogP contribution is -2.47. The number of amides is 1. The van der Waals surface area contributed by atoms with E-state index < -0.39 is 17.2 Å². The molecule has 0 spiro atoms. The van der Waals surface area contributed by atoms with Crippen LogP contribution in [0.4, 0.5) is 4.79 Å². The fraction of sp³-hybridized carbons (Fsp3) is 0.833. The molecule has 0 heterocycles. The first kappa shape index (κ1) is 13.8. The highest BCUT2D eigenvalue weighted by Gasteiger charge is 2.60. The van der Waals surface area contributed by atoms with E-state index in [1.165, 1.54) is 0 Å². The number of hydrogen-bond donors (Lipinski definition) is 1. The molecule has 17 heavy (non-hydrogen) atoms. The summed E-state index contributed by atoms with van der Waals surface area (Å²) in [6.45, 7) is 9.28. The molecule has 0 saturated heterocycles. The highest BCUT2D eigenvalue weighted by molar-refractivity contribution is 5.89. The van der Waals surface area contributed by atoms with Gasteiger partial charge in [0.15, 0.2) is 0 Å². The Bertz CT molecular complexity index is 321. The molecule has 5 heteroatoms. The Labute approximate surface area is 102 Å². The predicted octanol–water partition coefficient (Wildman–Crippen LogP) is 1.85. The summed E-state index contributed by atoms with van der Waals surface area (Å²) in [5, 5.41) is 2.62. The molecule has 0 bridgehead atoms. The van der Waals surface area contributed by atoms with Crippen molar-refractivity contribution < 1.29 is 19.1 Å². The molecule has 0 aromatic rings. The van der Waals surface area contributed by atoms with Gasteiger partial charge >= 0.3 is 12.1 Å². The lowest BCUT2D eigenvalue weighted by atomic mass is 10.2. The Morgan fingerprint density at radius 2 is 1.94 bits per heavy atom. The summed E-state index contributed by atoms with van der Waals surface area (Å²) in [5.41, 5.74) is -1.45. The van der Waals surface area contributed by atoms with E-state index in [9.17, 15) is 9.59 Å². The van der Waals surface area contributed by atoms with Gasteiger partial charge in [-0.25, -0.2) is 9.59 Å². The van der Waals surface area contributed by atoms with Gasteiger partial charge in [-0.1, -0.05) is 6.92 Å². The van der Waals surface area contributed by atoms with Crippen LogP contribution in [0, 0.1) is 5.92 Å². The molecule has 1 N–H and O–H groups in total. The maximum absolute atomic E-state index is 11.7. The number of alkyl carbamates (subject to hydrolysis) is 1. The van der Waals surface area contributed by atoms with Gasteiger partial charge in [0.25, 0.3) is 0 Å². The van der Waals surface area contributed by atoms with Gasteiger partial charge in [0.1, 0.15) is 11.1 Å². The molecule has 1 fully saturated rings. The zero-order valence-electron chi connectivity index (χ0n) is 11.1. The normalized spacial score (nSPS) is 27.2. The van der Waals surface area contributed by atoms with Crippen molar-refractivity contribution in [2.45, 2.75) is 52.2 Å². The largest absolute Gasteiger partial charge is 0.464 e. The first-order valence-electron chi connectivity index (χ1n) is 5.89. The Morgan fingerprint density at radius 1 is 1.41 bits per heavy atom. The van der Waals surface area contributed by atoms with Gasteiger partial charge in [-0.15, -0.1) is 0 Å². The van der Waals surface area contributed by atoms with Crippen LogP contribution in [0.2, 0.25) is 0 Å². The van der Waals surface area contributed by atoms with Crippen molar-refractivity contribution in [3.05, 3.63) is 0 Å². The molecular weight excluding hydrogens is 222 g/mol. The molecule has 0 unspecified atom stereocenters. The van der Waals surface area contributed by atoms with E-state index in [0.717, 1.165) is 0 Å². The van der Waals surface area contributed by atoms with Crippen LogP contribution in [0.25, 0.3) is 0 Å². The van der Waals surface area contributed by atoms with Crippen LogP contribution < -0.4 is 5.32 Å². The molecule has 98 valence electrons. The summed E-state index contributed by atoms with van der Waals surface area (Å²) >= 11 is 0. The predicted molar refractivity (Wildman–Crippen MR) is 62.5 cm³/mol. The number of rotatable bonds is 3. The summed E-state index contributed by atoms with van der Waals surface area (Å²) in [4.78, 5) is 23.4. The smallest absolute Gasteiger partial charge is 0.408 e. The first-order valence-corrected chi connectivity index (χ1v) is 5.89. The van der Waals surface area contributed by atoms with E-state index in [4.69, 9.17) is 9.47 Å². The SMILES string of the molecule is CCOC(=O)[C@]1(NC(=O)OC(C)(C)C)C[C@@H]1C. The summed E-state index contributed by atoms with van der Waals surface area (Å²) < 4.78 is 10.1. The Hall–Kier alpha value is -1.26. The van der Waals surface area contributed by atoms with Crippen molar-refractivity contribution in [2.75, 3.05) is 6.61 Å². The Morgan fingerprint density at radius 3 is 2.29 bits per heavy atom. The summed E-state index contributed by atoms with van der Waals surface area (Å²) in [7, 11) is 0. The fourth-order valence-electron chi connectivity index (χ4n) is 1.68. The monoisotopic (exact) mass is 243 g/mol. The van der Waals surface area contributed by atoms with Gasteiger partial charge in [-0.05, 0) is 40.0 Å². The topological polar surface area (TPSA) is 64.6 Å². The highest BCUT2D eigenvalue weighted by Crippen LogP contribution is 2.44. The minimum atomic E-state index is -0.877. The second-order valence-corrected chi connectivity index (χ2v) is 5.42. The summed E-state index contributed by atoms with van der Waals surface area (Å²) in [6.07, 6.45) is 0.0281. The standard InChI is InChI=1S/C12H21NO4/c1-6-16-9(14)12(7-8(12)2)13-10(15)17-11(3,4)5/h8H,6-7H2,1-5H3,(H,13,15)/t8-,12-/m0/s1. The van der Waals surface area contributed by atoms with Crippen molar-refractivity contribution in [2.24, 2.45) is 5.92 Å². The molecule has 0 aromatic carbocycles. The van der Waals surface area contributed by atoms with E-state index in [-0.39, 0.29) is 11.9 Å². The van der Waals surface area contributed by atoms with Crippen LogP contribution >= 0.6 is 0 Å². The minimum Gasteiger partial charge on any atom is -0.464 e. The van der Waals surface area contributed by atoms with E-state index >= 15 is 0 Å². The lowest BCUT2D eigenvalue weighted by molar-refractivity contribution is -0.147. The maximum atomic E-state index is 11.7. The molecule has 2 atom stereocenters. The van der Waals surface area contributed by atoms with Crippen LogP contribution in [0.1, 0.15) is 41.0 Å². The van der Waals surface area contributed by atoms with E-state index in [1.54, 1.807) is 27.7 Å². The molecule has 1 aliphatic rings. The number of nitrogens with one attached hydrogen (secondary N) is 1. The van der Waals surface area contributed by atoms with Crippen LogP contribution in [-0.4, -0.2) is 29.8 Å². The van der Waals surface area contributed by atoms with Crippen LogP contribution in [-0.2, 0) is 14.3 Å². The van der Waals surface area contributed by atoms with Crippen LogP contribution in [0.5, 0.6) is 0 Å². The summed E-state index contributed by atoms with van der Waals surface area (Å²) in [5.74, 6) is -0.285. The second-order valence-electron chi connectivity index (χ2n) is 5.42. The average molecular weight is 243 g/mol. The minimum absolute atomic E-state index is 0.0917. The third kappa shape index (κ3) is 3.35. The molecule has 0 radical (unpaired) electrons. The fourth-order valence-corrected chi connectivity index (χ4v) is 1.68. The Kier molecular flexibility index (Phi) is 3.69. The highest BCUT2D eigenvalue weighted by atomic mass is 16.6. The lowest BCUT2D eigenvalue weighted by Gasteiger charge is -2.23. The molecule has 5 nitrogen and oxygen atoms in total. The van der Waals surface area contributed by atoms with E-state index in [2.05, 4.69) is 5.32 Å². The van der Waals surface area contributed by atoms with Crippen molar-refractivity contribution in [3.8, 4) is 0 Å². The van der Waals surface area contributed by atoms with Gasteiger partial charge in [-0.2, -0.15) is 0 Å². The van der Waals surface area contributed by atoms with Crippen molar-refractivity contribution >= 4 is 12.1 Å². The number of carbonyl (C=O) groups excluding carboxylic acids is 2. The van der Waals surface area contributed by atoms with E-state index in [1.807, 2.05) is 6.92 Å². The molecule has 1 saturated carbocycles. The molecule has 1 aliphatic carbocycles. The molecule has 1 rings (SSSR count). The first-order chi connectivity index (χ1) is 7.71. The van der Waals surface area contributed by atoms with Gasteiger partial charge < -0.3 is 14.8 Å². The van der Waals surface area contributed by atoms with Crippen molar-refractivity contribution in [3.63, 3.8) is 0 Å². The average Bonchev–Trinajstić information content (AvgIpc) is 2.74. The number of carbonyl (C=O) groups is 2. The van der Waals surface area contributed by atoms with Crippen LogP contribution in [0.3, 0.4) is 0 Å². The molecular formula is C12H21NO4. The number of hydrogen-bond acceptors (Lipinski definition) is 4. The van der Waals surface area contributed by atoms with Gasteiger partial charge in [0.2, 0.25) is 0 Å². The second kappa shape index (κ2) is 4.55. The Balaban J connectivity index is 2.59. The quantitative estimate of drug-likeness (QED) is 0.768. The zero-order valence-corrected chi connectivity index (χ0v) is 11.1. The number of esters is 1.